The highest BCUT2D eigenvalue weighted by atomic mass is 35.5. The van der Waals surface area contributed by atoms with Crippen molar-refractivity contribution in [3.8, 4) is 5.69 Å². The summed E-state index contributed by atoms with van der Waals surface area (Å²) in [4.78, 5) is 24.8. The molecule has 1 N–H and O–H groups in total. The summed E-state index contributed by atoms with van der Waals surface area (Å²) < 4.78 is 6.99. The van der Waals surface area contributed by atoms with Crippen molar-refractivity contribution in [2.24, 2.45) is 0 Å². The molecule has 0 bridgehead atoms. The molecule has 148 valence electrons. The minimum atomic E-state index is -0.620. The summed E-state index contributed by atoms with van der Waals surface area (Å²) in [5.74, 6) is -1.13. The molecule has 6 nitrogen and oxygen atoms in total. The Kier molecular flexibility index (Phi) is 5.56. The van der Waals surface area contributed by atoms with E-state index in [0.29, 0.717) is 10.7 Å². The molecule has 1 aliphatic rings. The van der Waals surface area contributed by atoms with E-state index >= 15 is 0 Å². The molecule has 2 aromatic carbocycles. The van der Waals surface area contributed by atoms with Gasteiger partial charge in [-0.1, -0.05) is 47.5 Å². The van der Waals surface area contributed by atoms with Crippen LogP contribution in [0.5, 0.6) is 0 Å². The van der Waals surface area contributed by atoms with Crippen LogP contribution in [0, 0.1) is 0 Å². The zero-order valence-corrected chi connectivity index (χ0v) is 16.8. The molecule has 0 unspecified atom stereocenters. The van der Waals surface area contributed by atoms with Crippen LogP contribution in [0.1, 0.15) is 28.2 Å². The van der Waals surface area contributed by atoms with Gasteiger partial charge in [0.2, 0.25) is 0 Å². The molecule has 0 fully saturated rings. The standard InChI is InChI=1S/C21H17Cl2N3O3/c22-15-9-5-10-16(19(15)23)24-18(27)12-29-21(28)20-14-8-4-11-17(14)26(25-20)13-6-2-1-3-7-13/h1-3,5-7,9-10H,4,8,11-12H2,(H,24,27). The molecule has 0 saturated carbocycles. The monoisotopic (exact) mass is 429 g/mol. The maximum absolute atomic E-state index is 12.6. The van der Waals surface area contributed by atoms with Crippen LogP contribution >= 0.6 is 23.2 Å². The number of ether oxygens (including phenoxy) is 1. The van der Waals surface area contributed by atoms with Gasteiger partial charge >= 0.3 is 5.97 Å². The van der Waals surface area contributed by atoms with Crippen LogP contribution in [0.15, 0.2) is 48.5 Å². The van der Waals surface area contributed by atoms with Crippen LogP contribution in [0.3, 0.4) is 0 Å². The molecule has 0 saturated heterocycles. The molecule has 29 heavy (non-hydrogen) atoms. The van der Waals surface area contributed by atoms with Crippen LogP contribution in [-0.4, -0.2) is 28.3 Å². The quantitative estimate of drug-likeness (QED) is 0.607. The minimum absolute atomic E-state index is 0.230. The van der Waals surface area contributed by atoms with Crippen molar-refractivity contribution in [3.05, 3.63) is 75.5 Å². The van der Waals surface area contributed by atoms with Gasteiger partial charge < -0.3 is 10.1 Å². The third kappa shape index (κ3) is 3.99. The van der Waals surface area contributed by atoms with Crippen LogP contribution in [0.25, 0.3) is 5.69 Å². The fourth-order valence-corrected chi connectivity index (χ4v) is 3.72. The number of carbonyl (C=O) groups is 2. The second-order valence-corrected chi connectivity index (χ2v) is 7.39. The molecule has 8 heteroatoms. The number of benzene rings is 2. The second-order valence-electron chi connectivity index (χ2n) is 6.60. The molecular weight excluding hydrogens is 413 g/mol. The Morgan fingerprint density at radius 2 is 1.86 bits per heavy atom. The summed E-state index contributed by atoms with van der Waals surface area (Å²) in [6.45, 7) is -0.450. The number of esters is 1. The van der Waals surface area contributed by atoms with Crippen LogP contribution < -0.4 is 5.32 Å². The number of anilines is 1. The summed E-state index contributed by atoms with van der Waals surface area (Å²) in [7, 11) is 0. The number of rotatable bonds is 5. The predicted octanol–water partition coefficient (Wildman–Crippen LogP) is 4.46. The zero-order chi connectivity index (χ0) is 20.4. The average Bonchev–Trinajstić information content (AvgIpc) is 3.33. The Morgan fingerprint density at radius 1 is 1.07 bits per heavy atom. The van der Waals surface area contributed by atoms with Gasteiger partial charge in [0.1, 0.15) is 0 Å². The van der Waals surface area contributed by atoms with Crippen molar-refractivity contribution in [1.82, 2.24) is 9.78 Å². The summed E-state index contributed by atoms with van der Waals surface area (Å²) in [6, 6.07) is 14.5. The van der Waals surface area contributed by atoms with E-state index in [4.69, 9.17) is 27.9 Å². The highest BCUT2D eigenvalue weighted by Crippen LogP contribution is 2.30. The van der Waals surface area contributed by atoms with Crippen LogP contribution in [0.2, 0.25) is 10.0 Å². The van der Waals surface area contributed by atoms with E-state index in [-0.39, 0.29) is 10.7 Å². The SMILES string of the molecule is O=C(COC(=O)c1nn(-c2ccccc2)c2c1CCC2)Nc1cccc(Cl)c1Cl. The maximum atomic E-state index is 12.6. The Balaban J connectivity index is 1.47. The number of hydrogen-bond acceptors (Lipinski definition) is 4. The number of amides is 1. The van der Waals surface area contributed by atoms with Gasteiger partial charge in [-0.25, -0.2) is 9.48 Å². The van der Waals surface area contributed by atoms with Crippen molar-refractivity contribution >= 4 is 40.8 Å². The van der Waals surface area contributed by atoms with E-state index in [9.17, 15) is 9.59 Å². The molecule has 0 aliphatic heterocycles. The first-order chi connectivity index (χ1) is 14.0. The van der Waals surface area contributed by atoms with Gasteiger partial charge in [-0.05, 0) is 43.5 Å². The van der Waals surface area contributed by atoms with Crippen LogP contribution in [-0.2, 0) is 22.4 Å². The van der Waals surface area contributed by atoms with E-state index in [2.05, 4.69) is 10.4 Å². The van der Waals surface area contributed by atoms with Gasteiger partial charge in [0, 0.05) is 11.3 Å². The topological polar surface area (TPSA) is 73.2 Å². The largest absolute Gasteiger partial charge is 0.451 e. The number of hydrogen-bond donors (Lipinski definition) is 1. The fourth-order valence-electron chi connectivity index (χ4n) is 3.37. The molecule has 3 aromatic rings. The molecule has 0 atom stereocenters. The zero-order valence-electron chi connectivity index (χ0n) is 15.3. The normalized spacial score (nSPS) is 12.5. The first-order valence-electron chi connectivity index (χ1n) is 9.12. The Bertz CT molecular complexity index is 1080. The summed E-state index contributed by atoms with van der Waals surface area (Å²) in [6.07, 6.45) is 2.56. The van der Waals surface area contributed by atoms with Gasteiger partial charge in [-0.3, -0.25) is 4.79 Å². The van der Waals surface area contributed by atoms with Gasteiger partial charge in [0.05, 0.1) is 21.4 Å². The number of aromatic nitrogens is 2. The molecular formula is C21H17Cl2N3O3. The molecule has 0 radical (unpaired) electrons. The number of halogens is 2. The summed E-state index contributed by atoms with van der Waals surface area (Å²) in [5.41, 5.74) is 3.40. The summed E-state index contributed by atoms with van der Waals surface area (Å²) >= 11 is 12.0. The second kappa shape index (κ2) is 8.27. The van der Waals surface area contributed by atoms with Crippen LogP contribution in [0.4, 0.5) is 5.69 Å². The Morgan fingerprint density at radius 3 is 2.66 bits per heavy atom. The first kappa shape index (κ1) is 19.5. The van der Waals surface area contributed by atoms with E-state index in [1.165, 1.54) is 0 Å². The minimum Gasteiger partial charge on any atom is -0.451 e. The Hall–Kier alpha value is -2.83. The Labute approximate surface area is 177 Å². The van der Waals surface area contributed by atoms with Gasteiger partial charge in [-0.15, -0.1) is 0 Å². The number of carbonyl (C=O) groups excluding carboxylic acids is 2. The van der Waals surface area contributed by atoms with E-state index in [0.717, 1.165) is 36.2 Å². The molecule has 1 aliphatic carbocycles. The highest BCUT2D eigenvalue weighted by molar-refractivity contribution is 6.44. The van der Waals surface area contributed by atoms with E-state index in [1.807, 2.05) is 30.3 Å². The number of nitrogens with one attached hydrogen (secondary N) is 1. The molecule has 4 rings (SSSR count). The summed E-state index contributed by atoms with van der Waals surface area (Å²) in [5, 5.41) is 7.60. The van der Waals surface area contributed by atoms with Crippen molar-refractivity contribution in [2.75, 3.05) is 11.9 Å². The lowest BCUT2D eigenvalue weighted by Gasteiger charge is -2.08. The van der Waals surface area contributed by atoms with E-state index < -0.39 is 18.5 Å². The van der Waals surface area contributed by atoms with Crippen molar-refractivity contribution < 1.29 is 14.3 Å². The lowest BCUT2D eigenvalue weighted by molar-refractivity contribution is -0.119. The number of para-hydroxylation sites is 1. The fraction of sp³-hybridized carbons (Fsp3) is 0.190. The molecule has 0 spiro atoms. The average molecular weight is 430 g/mol. The first-order valence-corrected chi connectivity index (χ1v) is 9.87. The highest BCUT2D eigenvalue weighted by Gasteiger charge is 2.28. The van der Waals surface area contributed by atoms with Gasteiger partial charge in [0.25, 0.3) is 5.91 Å². The smallest absolute Gasteiger partial charge is 0.359 e. The van der Waals surface area contributed by atoms with Crippen molar-refractivity contribution in [3.63, 3.8) is 0 Å². The van der Waals surface area contributed by atoms with Crippen molar-refractivity contribution in [1.29, 1.82) is 0 Å². The predicted molar refractivity (Wildman–Crippen MR) is 111 cm³/mol. The van der Waals surface area contributed by atoms with Gasteiger partial charge in [0.15, 0.2) is 12.3 Å². The lowest BCUT2D eigenvalue weighted by atomic mass is 10.2. The van der Waals surface area contributed by atoms with Gasteiger partial charge in [-0.2, -0.15) is 5.10 Å². The maximum Gasteiger partial charge on any atom is 0.359 e. The molecule has 1 amide bonds. The lowest BCUT2D eigenvalue weighted by Crippen LogP contribution is -2.21. The molecule has 1 aromatic heterocycles. The van der Waals surface area contributed by atoms with E-state index in [1.54, 1.807) is 22.9 Å². The third-order valence-corrected chi connectivity index (χ3v) is 5.50. The number of fused-ring (bicyclic) bond motifs is 1. The third-order valence-electron chi connectivity index (χ3n) is 4.68. The number of nitrogens with zero attached hydrogens (tertiary/aromatic N) is 2. The van der Waals surface area contributed by atoms with Crippen molar-refractivity contribution in [2.45, 2.75) is 19.3 Å². The molecule has 1 heterocycles.